The second-order valence-electron chi connectivity index (χ2n) is 6.94. The number of fused-ring (bicyclic) bond motifs is 1. The fourth-order valence-corrected chi connectivity index (χ4v) is 3.57. The Labute approximate surface area is 147 Å². The van der Waals surface area contributed by atoms with Gasteiger partial charge in [0.05, 0.1) is 22.9 Å². The molecule has 1 saturated heterocycles. The predicted octanol–water partition coefficient (Wildman–Crippen LogP) is 1.08. The Morgan fingerprint density at radius 2 is 1.76 bits per heavy atom. The number of carbonyl (C=O) groups is 2. The molecule has 1 aromatic carbocycles. The first-order valence-corrected chi connectivity index (χ1v) is 8.82. The number of hydrogen-bond donors (Lipinski definition) is 2. The summed E-state index contributed by atoms with van der Waals surface area (Å²) in [5.74, 6) is -0.0412. The summed E-state index contributed by atoms with van der Waals surface area (Å²) < 4.78 is 5.65. The molecule has 0 atom stereocenters. The third kappa shape index (κ3) is 3.34. The van der Waals surface area contributed by atoms with Crippen molar-refractivity contribution in [1.29, 1.82) is 0 Å². The van der Waals surface area contributed by atoms with Crippen LogP contribution in [0, 0.1) is 0 Å². The highest BCUT2D eigenvalue weighted by atomic mass is 16.5. The Hall–Kier alpha value is -2.12. The zero-order chi connectivity index (χ0) is 18.1. The van der Waals surface area contributed by atoms with Crippen molar-refractivity contribution in [2.75, 3.05) is 31.9 Å². The topological polar surface area (TPSA) is 102 Å². The van der Waals surface area contributed by atoms with Crippen molar-refractivity contribution < 1.29 is 14.3 Å². The molecule has 0 radical (unpaired) electrons. The molecule has 0 saturated carbocycles. The van der Waals surface area contributed by atoms with E-state index in [1.807, 2.05) is 13.8 Å². The van der Waals surface area contributed by atoms with Crippen molar-refractivity contribution in [3.05, 3.63) is 23.3 Å². The molecule has 0 unspecified atom stereocenters. The number of nitrogens with two attached hydrogens (primary N) is 2. The number of amides is 2. The van der Waals surface area contributed by atoms with E-state index in [2.05, 4.69) is 4.90 Å². The highest BCUT2D eigenvalue weighted by molar-refractivity contribution is 6.22. The van der Waals surface area contributed by atoms with E-state index in [1.165, 1.54) is 4.90 Å². The van der Waals surface area contributed by atoms with E-state index in [0.29, 0.717) is 29.1 Å². The number of nitrogens with zero attached hydrogens (tertiary/aromatic N) is 2. The number of nitrogen functional groups attached to an aromatic ring is 1. The fourth-order valence-electron chi connectivity index (χ4n) is 3.57. The van der Waals surface area contributed by atoms with E-state index in [9.17, 15) is 9.59 Å². The summed E-state index contributed by atoms with van der Waals surface area (Å²) in [5, 5.41) is 0. The minimum Gasteiger partial charge on any atom is -0.489 e. The minimum absolute atomic E-state index is 0.0597. The SMILES string of the molecule is CC(C)Oc1cc2c(cc1N)C(=O)N(C1CCN(CCN)CC1)C2=O. The van der Waals surface area contributed by atoms with Crippen LogP contribution < -0.4 is 16.2 Å². The molecular formula is C18H26N4O3. The van der Waals surface area contributed by atoms with Crippen LogP contribution in [-0.2, 0) is 0 Å². The van der Waals surface area contributed by atoms with Gasteiger partial charge in [-0.25, -0.2) is 0 Å². The van der Waals surface area contributed by atoms with E-state index in [-0.39, 0.29) is 24.0 Å². The van der Waals surface area contributed by atoms with Crippen LogP contribution in [0.2, 0.25) is 0 Å². The number of hydrogen-bond acceptors (Lipinski definition) is 6. The second kappa shape index (κ2) is 7.01. The number of carbonyl (C=O) groups excluding carboxylic acids is 2. The predicted molar refractivity (Wildman–Crippen MR) is 95.6 cm³/mol. The Kier molecular flexibility index (Phi) is 4.96. The number of anilines is 1. The molecule has 7 heteroatoms. The summed E-state index contributed by atoms with van der Waals surface area (Å²) in [6.07, 6.45) is 1.49. The number of rotatable bonds is 5. The van der Waals surface area contributed by atoms with Crippen LogP contribution >= 0.6 is 0 Å². The Morgan fingerprint density at radius 3 is 2.32 bits per heavy atom. The van der Waals surface area contributed by atoms with Crippen LogP contribution in [-0.4, -0.2) is 59.9 Å². The average Bonchev–Trinajstić information content (AvgIpc) is 2.80. The van der Waals surface area contributed by atoms with Gasteiger partial charge in [0.15, 0.2) is 0 Å². The monoisotopic (exact) mass is 346 g/mol. The molecule has 7 nitrogen and oxygen atoms in total. The van der Waals surface area contributed by atoms with E-state index in [0.717, 1.165) is 32.5 Å². The summed E-state index contributed by atoms with van der Waals surface area (Å²) in [6, 6.07) is 3.10. The third-order valence-electron chi connectivity index (χ3n) is 4.78. The maximum atomic E-state index is 12.8. The molecule has 2 heterocycles. The van der Waals surface area contributed by atoms with Gasteiger partial charge in [-0.15, -0.1) is 0 Å². The van der Waals surface area contributed by atoms with Gasteiger partial charge in [-0.1, -0.05) is 0 Å². The first-order valence-electron chi connectivity index (χ1n) is 8.82. The van der Waals surface area contributed by atoms with Gasteiger partial charge in [-0.2, -0.15) is 0 Å². The Morgan fingerprint density at radius 1 is 1.16 bits per heavy atom. The van der Waals surface area contributed by atoms with Crippen molar-refractivity contribution in [2.24, 2.45) is 5.73 Å². The quantitative estimate of drug-likeness (QED) is 0.611. The molecule has 136 valence electrons. The van der Waals surface area contributed by atoms with E-state index in [4.69, 9.17) is 16.2 Å². The van der Waals surface area contributed by atoms with Crippen LogP contribution in [0.1, 0.15) is 47.4 Å². The Balaban J connectivity index is 1.80. The normalized spacial score (nSPS) is 19.0. The molecule has 2 amide bonds. The summed E-state index contributed by atoms with van der Waals surface area (Å²) >= 11 is 0. The number of likely N-dealkylation sites (tertiary alicyclic amines) is 1. The first kappa shape index (κ1) is 17.7. The van der Waals surface area contributed by atoms with E-state index in [1.54, 1.807) is 12.1 Å². The molecule has 1 aromatic rings. The molecular weight excluding hydrogens is 320 g/mol. The van der Waals surface area contributed by atoms with Crippen molar-refractivity contribution in [1.82, 2.24) is 9.80 Å². The van der Waals surface area contributed by atoms with Crippen LogP contribution in [0.4, 0.5) is 5.69 Å². The van der Waals surface area contributed by atoms with E-state index < -0.39 is 0 Å². The number of ether oxygens (including phenoxy) is 1. The molecule has 0 spiro atoms. The lowest BCUT2D eigenvalue weighted by atomic mass is 10.0. The molecule has 0 bridgehead atoms. The lowest BCUT2D eigenvalue weighted by Gasteiger charge is -2.35. The van der Waals surface area contributed by atoms with Crippen molar-refractivity contribution in [3.63, 3.8) is 0 Å². The van der Waals surface area contributed by atoms with Gasteiger partial charge in [-0.05, 0) is 38.8 Å². The maximum Gasteiger partial charge on any atom is 0.261 e. The molecule has 3 rings (SSSR count). The highest BCUT2D eigenvalue weighted by Gasteiger charge is 2.41. The maximum absolute atomic E-state index is 12.8. The van der Waals surface area contributed by atoms with Crippen molar-refractivity contribution in [2.45, 2.75) is 38.8 Å². The number of benzene rings is 1. The summed E-state index contributed by atoms with van der Waals surface area (Å²) in [6.45, 7) is 6.94. The summed E-state index contributed by atoms with van der Waals surface area (Å²) in [4.78, 5) is 29.3. The van der Waals surface area contributed by atoms with Gasteiger partial charge in [-0.3, -0.25) is 14.5 Å². The number of imide groups is 1. The van der Waals surface area contributed by atoms with Gasteiger partial charge in [0.2, 0.25) is 0 Å². The molecule has 4 N–H and O–H groups in total. The lowest BCUT2D eigenvalue weighted by molar-refractivity contribution is 0.0504. The summed E-state index contributed by atoms with van der Waals surface area (Å²) in [7, 11) is 0. The highest BCUT2D eigenvalue weighted by Crippen LogP contribution is 2.34. The first-order chi connectivity index (χ1) is 11.9. The molecule has 2 aliphatic heterocycles. The number of piperidine rings is 1. The molecule has 0 aromatic heterocycles. The van der Waals surface area contributed by atoms with Crippen LogP contribution in [0.5, 0.6) is 5.75 Å². The van der Waals surface area contributed by atoms with Gasteiger partial charge in [0.1, 0.15) is 5.75 Å². The van der Waals surface area contributed by atoms with Gasteiger partial charge >= 0.3 is 0 Å². The third-order valence-corrected chi connectivity index (χ3v) is 4.78. The second-order valence-corrected chi connectivity index (χ2v) is 6.94. The summed E-state index contributed by atoms with van der Waals surface area (Å²) in [5.41, 5.74) is 12.7. The minimum atomic E-state index is -0.250. The Bertz CT molecular complexity index is 681. The molecule has 25 heavy (non-hydrogen) atoms. The molecule has 2 aliphatic rings. The smallest absolute Gasteiger partial charge is 0.261 e. The van der Waals surface area contributed by atoms with Crippen molar-refractivity contribution in [3.8, 4) is 5.75 Å². The van der Waals surface area contributed by atoms with Gasteiger partial charge in [0, 0.05) is 32.2 Å². The van der Waals surface area contributed by atoms with Crippen LogP contribution in [0.15, 0.2) is 12.1 Å². The van der Waals surface area contributed by atoms with Crippen molar-refractivity contribution >= 4 is 17.5 Å². The molecule has 0 aliphatic carbocycles. The lowest BCUT2D eigenvalue weighted by Crippen LogP contribution is -2.48. The fraction of sp³-hybridized carbons (Fsp3) is 0.556. The standard InChI is InChI=1S/C18H26N4O3/c1-11(2)25-16-10-14-13(9-15(16)20)17(23)22(18(14)24)12-3-6-21(7-4-12)8-5-19/h9-12H,3-8,19-20H2,1-2H3. The zero-order valence-corrected chi connectivity index (χ0v) is 14.8. The largest absolute Gasteiger partial charge is 0.489 e. The van der Waals surface area contributed by atoms with Gasteiger partial charge < -0.3 is 21.1 Å². The van der Waals surface area contributed by atoms with Gasteiger partial charge in [0.25, 0.3) is 11.8 Å². The van der Waals surface area contributed by atoms with Crippen LogP contribution in [0.3, 0.4) is 0 Å². The average molecular weight is 346 g/mol. The molecule has 1 fully saturated rings. The van der Waals surface area contributed by atoms with E-state index >= 15 is 0 Å². The zero-order valence-electron chi connectivity index (χ0n) is 14.8. The van der Waals surface area contributed by atoms with Crippen LogP contribution in [0.25, 0.3) is 0 Å².